The highest BCUT2D eigenvalue weighted by Crippen LogP contribution is 2.37. The predicted molar refractivity (Wildman–Crippen MR) is 57.3 cm³/mol. The molecular weight excluding hydrogens is 160 g/mol. The van der Waals surface area contributed by atoms with E-state index in [9.17, 15) is 0 Å². The van der Waals surface area contributed by atoms with Gasteiger partial charge in [-0.3, -0.25) is 0 Å². The summed E-state index contributed by atoms with van der Waals surface area (Å²) in [6.07, 6.45) is 0.488. The van der Waals surface area contributed by atoms with E-state index in [4.69, 9.17) is 0 Å². The third kappa shape index (κ3) is 1.09. The van der Waals surface area contributed by atoms with E-state index in [1.54, 1.807) is 0 Å². The van der Waals surface area contributed by atoms with Gasteiger partial charge in [-0.05, 0) is 26.0 Å². The van der Waals surface area contributed by atoms with Crippen LogP contribution in [0, 0.1) is 0 Å². The Bertz CT molecular complexity index is 309. The van der Waals surface area contributed by atoms with E-state index in [0.717, 1.165) is 6.54 Å². The van der Waals surface area contributed by atoms with Crippen LogP contribution in [-0.2, 0) is 0 Å². The molecule has 2 nitrogen and oxygen atoms in total. The first-order valence-corrected chi connectivity index (χ1v) is 4.84. The van der Waals surface area contributed by atoms with Crippen LogP contribution in [0.2, 0.25) is 0 Å². The molecule has 13 heavy (non-hydrogen) atoms. The molecule has 0 aliphatic carbocycles. The Balaban J connectivity index is 2.47. The lowest BCUT2D eigenvalue weighted by molar-refractivity contribution is 0.673. The summed E-state index contributed by atoms with van der Waals surface area (Å²) in [5, 5.41) is 0. The second kappa shape index (κ2) is 2.95. The second-order valence-corrected chi connectivity index (χ2v) is 3.52. The number of nitrogens with zero attached hydrogens (tertiary/aromatic N) is 2. The van der Waals surface area contributed by atoms with Crippen LogP contribution in [0.4, 0.5) is 11.4 Å². The van der Waals surface area contributed by atoms with E-state index < -0.39 is 0 Å². The highest BCUT2D eigenvalue weighted by molar-refractivity contribution is 5.76. The Morgan fingerprint density at radius 1 is 1.23 bits per heavy atom. The van der Waals surface area contributed by atoms with Crippen molar-refractivity contribution in [1.29, 1.82) is 0 Å². The minimum absolute atomic E-state index is 0.488. The lowest BCUT2D eigenvalue weighted by Gasteiger charge is -2.26. The summed E-state index contributed by atoms with van der Waals surface area (Å²) in [6.45, 7) is 5.51. The lowest BCUT2D eigenvalue weighted by atomic mass is 10.2. The van der Waals surface area contributed by atoms with Gasteiger partial charge in [0.1, 0.15) is 0 Å². The molecule has 1 atom stereocenters. The van der Waals surface area contributed by atoms with Crippen molar-refractivity contribution in [3.8, 4) is 0 Å². The summed E-state index contributed by atoms with van der Waals surface area (Å²) in [4.78, 5) is 4.73. The van der Waals surface area contributed by atoms with Crippen molar-refractivity contribution < 1.29 is 0 Å². The van der Waals surface area contributed by atoms with Crippen molar-refractivity contribution in [2.75, 3.05) is 23.4 Å². The van der Waals surface area contributed by atoms with Gasteiger partial charge in [-0.2, -0.15) is 0 Å². The van der Waals surface area contributed by atoms with Gasteiger partial charge in [0.25, 0.3) is 0 Å². The molecule has 0 unspecified atom stereocenters. The summed E-state index contributed by atoms with van der Waals surface area (Å²) in [6, 6.07) is 8.58. The minimum Gasteiger partial charge on any atom is -0.353 e. The number of para-hydroxylation sites is 2. The van der Waals surface area contributed by atoms with Crippen LogP contribution in [-0.4, -0.2) is 19.8 Å². The van der Waals surface area contributed by atoms with Crippen LogP contribution in [0.5, 0.6) is 0 Å². The van der Waals surface area contributed by atoms with Gasteiger partial charge >= 0.3 is 0 Å². The van der Waals surface area contributed by atoms with E-state index in [2.05, 4.69) is 55.0 Å². The first-order valence-electron chi connectivity index (χ1n) is 4.84. The quantitative estimate of drug-likeness (QED) is 0.648. The average Bonchev–Trinajstić information content (AvgIpc) is 2.41. The molecule has 0 amide bonds. The smallest absolute Gasteiger partial charge is 0.0985 e. The molecule has 70 valence electrons. The number of hydrogen-bond donors (Lipinski definition) is 0. The molecule has 1 heterocycles. The monoisotopic (exact) mass is 176 g/mol. The zero-order chi connectivity index (χ0) is 9.42. The first kappa shape index (κ1) is 8.42. The second-order valence-electron chi connectivity index (χ2n) is 3.52. The van der Waals surface area contributed by atoms with Crippen molar-refractivity contribution in [2.45, 2.75) is 20.0 Å². The third-order valence-corrected chi connectivity index (χ3v) is 2.92. The number of benzene rings is 1. The van der Waals surface area contributed by atoms with Crippen molar-refractivity contribution in [2.24, 2.45) is 0 Å². The van der Waals surface area contributed by atoms with Crippen molar-refractivity contribution in [1.82, 2.24) is 0 Å². The maximum atomic E-state index is 2.41. The fraction of sp³-hybridized carbons (Fsp3) is 0.455. The molecule has 1 aromatic rings. The van der Waals surface area contributed by atoms with E-state index >= 15 is 0 Å². The molecule has 0 fully saturated rings. The summed E-state index contributed by atoms with van der Waals surface area (Å²) in [5.74, 6) is 0. The average molecular weight is 176 g/mol. The minimum atomic E-state index is 0.488. The molecule has 2 heteroatoms. The SMILES string of the molecule is CCN1c2ccccc2N(C)[C@@H]1C. The van der Waals surface area contributed by atoms with E-state index in [1.165, 1.54) is 11.4 Å². The van der Waals surface area contributed by atoms with Crippen molar-refractivity contribution in [3.63, 3.8) is 0 Å². The molecule has 0 aromatic heterocycles. The summed E-state index contributed by atoms with van der Waals surface area (Å²) >= 11 is 0. The molecule has 1 aliphatic heterocycles. The lowest BCUT2D eigenvalue weighted by Crippen LogP contribution is -2.38. The Morgan fingerprint density at radius 2 is 1.85 bits per heavy atom. The molecule has 0 saturated heterocycles. The van der Waals surface area contributed by atoms with Gasteiger partial charge in [0, 0.05) is 13.6 Å². The molecule has 0 saturated carbocycles. The predicted octanol–water partition coefficient (Wildman–Crippen LogP) is 2.31. The fourth-order valence-corrected chi connectivity index (χ4v) is 2.05. The van der Waals surface area contributed by atoms with Gasteiger partial charge in [-0.25, -0.2) is 0 Å². The van der Waals surface area contributed by atoms with E-state index in [-0.39, 0.29) is 0 Å². The topological polar surface area (TPSA) is 6.48 Å². The van der Waals surface area contributed by atoms with Crippen LogP contribution < -0.4 is 9.80 Å². The molecule has 0 N–H and O–H groups in total. The number of anilines is 2. The molecule has 0 spiro atoms. The Hall–Kier alpha value is -1.18. The van der Waals surface area contributed by atoms with E-state index in [1.807, 2.05) is 0 Å². The van der Waals surface area contributed by atoms with Crippen LogP contribution in [0.3, 0.4) is 0 Å². The standard InChI is InChI=1S/C11H16N2/c1-4-13-9(2)12(3)10-7-5-6-8-11(10)13/h5-9H,4H2,1-3H3/t9-/m0/s1. The van der Waals surface area contributed by atoms with Crippen LogP contribution in [0.25, 0.3) is 0 Å². The first-order chi connectivity index (χ1) is 6.25. The van der Waals surface area contributed by atoms with Gasteiger partial charge in [0.15, 0.2) is 0 Å². The van der Waals surface area contributed by atoms with Crippen LogP contribution >= 0.6 is 0 Å². The largest absolute Gasteiger partial charge is 0.353 e. The number of hydrogen-bond acceptors (Lipinski definition) is 2. The normalized spacial score (nSPS) is 20.7. The van der Waals surface area contributed by atoms with Crippen LogP contribution in [0.1, 0.15) is 13.8 Å². The molecule has 2 rings (SSSR count). The summed E-state index contributed by atoms with van der Waals surface area (Å²) < 4.78 is 0. The Morgan fingerprint density at radius 3 is 2.46 bits per heavy atom. The van der Waals surface area contributed by atoms with Gasteiger partial charge in [-0.15, -0.1) is 0 Å². The molecule has 1 aromatic carbocycles. The highest BCUT2D eigenvalue weighted by Gasteiger charge is 2.28. The molecule has 1 aliphatic rings. The van der Waals surface area contributed by atoms with Crippen LogP contribution in [0.15, 0.2) is 24.3 Å². The van der Waals surface area contributed by atoms with Gasteiger partial charge in [-0.1, -0.05) is 12.1 Å². The van der Waals surface area contributed by atoms with Gasteiger partial charge in [0.2, 0.25) is 0 Å². The maximum Gasteiger partial charge on any atom is 0.0985 e. The summed E-state index contributed by atoms with van der Waals surface area (Å²) in [5.41, 5.74) is 2.71. The number of fused-ring (bicyclic) bond motifs is 1. The van der Waals surface area contributed by atoms with Gasteiger partial charge in [0.05, 0.1) is 17.5 Å². The van der Waals surface area contributed by atoms with Crippen molar-refractivity contribution >= 4 is 11.4 Å². The summed E-state index contributed by atoms with van der Waals surface area (Å²) in [7, 11) is 2.15. The van der Waals surface area contributed by atoms with E-state index in [0.29, 0.717) is 6.17 Å². The Kier molecular flexibility index (Phi) is 1.91. The highest BCUT2D eigenvalue weighted by atomic mass is 15.4. The molecular formula is C11H16N2. The Labute approximate surface area is 79.8 Å². The third-order valence-electron chi connectivity index (χ3n) is 2.92. The molecule has 0 radical (unpaired) electrons. The maximum absolute atomic E-state index is 2.41. The zero-order valence-electron chi connectivity index (χ0n) is 8.49. The van der Waals surface area contributed by atoms with Crippen molar-refractivity contribution in [3.05, 3.63) is 24.3 Å². The number of rotatable bonds is 1. The fourth-order valence-electron chi connectivity index (χ4n) is 2.05. The molecule has 0 bridgehead atoms. The zero-order valence-corrected chi connectivity index (χ0v) is 8.49. The van der Waals surface area contributed by atoms with Gasteiger partial charge < -0.3 is 9.80 Å².